The van der Waals surface area contributed by atoms with Crippen LogP contribution in [-0.4, -0.2) is 9.38 Å². The number of halogens is 4. The van der Waals surface area contributed by atoms with Crippen molar-refractivity contribution in [1.82, 2.24) is 9.38 Å². The Balaban J connectivity index is 2.86. The average molecular weight is 280 g/mol. The summed E-state index contributed by atoms with van der Waals surface area (Å²) in [5, 5.41) is 0. The van der Waals surface area contributed by atoms with Gasteiger partial charge in [0.25, 0.3) is 0 Å². The van der Waals surface area contributed by atoms with Gasteiger partial charge >= 0.3 is 6.18 Å². The van der Waals surface area contributed by atoms with Crippen LogP contribution in [0.1, 0.15) is 5.69 Å². The molecule has 0 spiro atoms. The molecule has 0 atom stereocenters. The zero-order valence-corrected chi connectivity index (χ0v) is 8.80. The highest BCUT2D eigenvalue weighted by Crippen LogP contribution is 2.35. The van der Waals surface area contributed by atoms with Crippen molar-refractivity contribution in [3.63, 3.8) is 0 Å². The molecule has 15 heavy (non-hydrogen) atoms. The number of hydrogen-bond acceptors (Lipinski definition) is 2. The summed E-state index contributed by atoms with van der Waals surface area (Å²) in [5.41, 5.74) is 4.44. The standard InChI is InChI=1S/C8H5BrF3N3/c9-4-2-1-3-15-5(8(10,11)12)6(13)14-7(4)15/h1-3H,13H2. The van der Waals surface area contributed by atoms with Gasteiger partial charge in [0.15, 0.2) is 17.2 Å². The van der Waals surface area contributed by atoms with E-state index in [9.17, 15) is 13.2 Å². The number of nitrogens with zero attached hydrogens (tertiary/aromatic N) is 2. The van der Waals surface area contributed by atoms with Crippen molar-refractivity contribution in [2.75, 3.05) is 5.73 Å². The smallest absolute Gasteiger partial charge is 0.382 e. The Hall–Kier alpha value is -1.24. The van der Waals surface area contributed by atoms with Gasteiger partial charge in [0.1, 0.15) is 0 Å². The molecule has 0 saturated heterocycles. The number of rotatable bonds is 0. The van der Waals surface area contributed by atoms with Crippen molar-refractivity contribution >= 4 is 27.4 Å². The largest absolute Gasteiger partial charge is 0.435 e. The van der Waals surface area contributed by atoms with Gasteiger partial charge in [0, 0.05) is 6.20 Å². The Bertz CT molecular complexity index is 518. The monoisotopic (exact) mass is 279 g/mol. The third-order valence-corrected chi connectivity index (χ3v) is 2.52. The summed E-state index contributed by atoms with van der Waals surface area (Å²) < 4.78 is 39.1. The van der Waals surface area contributed by atoms with Gasteiger partial charge < -0.3 is 5.73 Å². The second-order valence-corrected chi connectivity index (χ2v) is 3.75. The Morgan fingerprint density at radius 3 is 2.67 bits per heavy atom. The molecular formula is C8H5BrF3N3. The molecule has 3 nitrogen and oxygen atoms in total. The van der Waals surface area contributed by atoms with Crippen LogP contribution in [0.2, 0.25) is 0 Å². The van der Waals surface area contributed by atoms with E-state index in [4.69, 9.17) is 5.73 Å². The third kappa shape index (κ3) is 1.56. The van der Waals surface area contributed by atoms with E-state index in [-0.39, 0.29) is 5.65 Å². The van der Waals surface area contributed by atoms with Crippen LogP contribution in [-0.2, 0) is 6.18 Å². The molecule has 2 heterocycles. The summed E-state index contributed by atoms with van der Waals surface area (Å²) in [5.74, 6) is -0.519. The number of anilines is 1. The van der Waals surface area contributed by atoms with Crippen molar-refractivity contribution in [3.8, 4) is 0 Å². The molecule has 0 radical (unpaired) electrons. The number of hydrogen-bond donors (Lipinski definition) is 1. The minimum Gasteiger partial charge on any atom is -0.382 e. The van der Waals surface area contributed by atoms with Gasteiger partial charge in [-0.1, -0.05) is 0 Å². The van der Waals surface area contributed by atoms with Crippen molar-refractivity contribution in [2.45, 2.75) is 6.18 Å². The molecule has 0 aliphatic heterocycles. The molecule has 0 bridgehead atoms. The first kappa shape index (κ1) is 10.3. The molecule has 0 fully saturated rings. The molecule has 0 amide bonds. The van der Waals surface area contributed by atoms with Gasteiger partial charge in [-0.25, -0.2) is 4.98 Å². The maximum atomic E-state index is 12.6. The Kier molecular flexibility index (Phi) is 2.14. The fourth-order valence-electron chi connectivity index (χ4n) is 1.33. The lowest BCUT2D eigenvalue weighted by Gasteiger charge is -2.06. The number of nitrogen functional groups attached to an aromatic ring is 1. The predicted molar refractivity (Wildman–Crippen MR) is 52.3 cm³/mol. The topological polar surface area (TPSA) is 43.3 Å². The highest BCUT2D eigenvalue weighted by Gasteiger charge is 2.37. The second-order valence-electron chi connectivity index (χ2n) is 2.89. The van der Waals surface area contributed by atoms with Crippen molar-refractivity contribution < 1.29 is 13.2 Å². The molecule has 2 rings (SSSR count). The van der Waals surface area contributed by atoms with Crippen molar-refractivity contribution in [2.24, 2.45) is 0 Å². The van der Waals surface area contributed by atoms with Crippen molar-refractivity contribution in [1.29, 1.82) is 0 Å². The van der Waals surface area contributed by atoms with Crippen LogP contribution in [0.5, 0.6) is 0 Å². The molecule has 2 N–H and O–H groups in total. The zero-order chi connectivity index (χ0) is 11.2. The summed E-state index contributed by atoms with van der Waals surface area (Å²) in [6, 6.07) is 3.08. The summed E-state index contributed by atoms with van der Waals surface area (Å²) in [4.78, 5) is 3.65. The van der Waals surface area contributed by atoms with Crippen LogP contribution in [0.3, 0.4) is 0 Å². The SMILES string of the molecule is Nc1nc2c(Br)cccn2c1C(F)(F)F. The summed E-state index contributed by atoms with van der Waals surface area (Å²) in [6.45, 7) is 0. The molecule has 0 aromatic carbocycles. The molecule has 0 aliphatic carbocycles. The number of aromatic nitrogens is 2. The average Bonchev–Trinajstić information content (AvgIpc) is 2.41. The Morgan fingerprint density at radius 1 is 1.40 bits per heavy atom. The van der Waals surface area contributed by atoms with E-state index >= 15 is 0 Å². The van der Waals surface area contributed by atoms with Crippen molar-refractivity contribution in [3.05, 3.63) is 28.5 Å². The summed E-state index contributed by atoms with van der Waals surface area (Å²) >= 11 is 3.10. The molecule has 0 unspecified atom stereocenters. The Morgan fingerprint density at radius 2 is 2.07 bits per heavy atom. The minimum absolute atomic E-state index is 0.155. The molecule has 80 valence electrons. The van der Waals surface area contributed by atoms with Crippen LogP contribution >= 0.6 is 15.9 Å². The number of fused-ring (bicyclic) bond motifs is 1. The van der Waals surface area contributed by atoms with Crippen LogP contribution in [0, 0.1) is 0 Å². The molecule has 0 aliphatic rings. The van der Waals surface area contributed by atoms with Gasteiger partial charge in [0.2, 0.25) is 0 Å². The first-order valence-electron chi connectivity index (χ1n) is 3.90. The lowest BCUT2D eigenvalue weighted by molar-refractivity contribution is -0.141. The first-order chi connectivity index (χ1) is 6.91. The second kappa shape index (κ2) is 3.13. The highest BCUT2D eigenvalue weighted by atomic mass is 79.9. The Labute approximate surface area is 90.8 Å². The van der Waals surface area contributed by atoms with E-state index in [0.717, 1.165) is 4.40 Å². The fourth-order valence-corrected chi connectivity index (χ4v) is 1.77. The molecule has 2 aromatic rings. The van der Waals surface area contributed by atoms with E-state index in [1.54, 1.807) is 6.07 Å². The molecule has 7 heteroatoms. The van der Waals surface area contributed by atoms with Gasteiger partial charge in [-0.05, 0) is 28.1 Å². The van der Waals surface area contributed by atoms with E-state index in [2.05, 4.69) is 20.9 Å². The van der Waals surface area contributed by atoms with Gasteiger partial charge in [-0.3, -0.25) is 4.40 Å². The fraction of sp³-hybridized carbons (Fsp3) is 0.125. The number of alkyl halides is 3. The summed E-state index contributed by atoms with van der Waals surface area (Å²) in [7, 11) is 0. The van der Waals surface area contributed by atoms with Crippen LogP contribution in [0.15, 0.2) is 22.8 Å². The van der Waals surface area contributed by atoms with Gasteiger partial charge in [-0.2, -0.15) is 13.2 Å². The lowest BCUT2D eigenvalue weighted by Crippen LogP contribution is -2.11. The quantitative estimate of drug-likeness (QED) is 0.806. The molecule has 2 aromatic heterocycles. The van der Waals surface area contributed by atoms with E-state index in [1.807, 2.05) is 0 Å². The first-order valence-corrected chi connectivity index (χ1v) is 4.70. The van der Waals surface area contributed by atoms with Crippen LogP contribution in [0.25, 0.3) is 5.65 Å². The zero-order valence-electron chi connectivity index (χ0n) is 7.22. The third-order valence-electron chi connectivity index (χ3n) is 1.90. The number of pyridine rings is 1. The molecular weight excluding hydrogens is 275 g/mol. The van der Waals surface area contributed by atoms with Crippen LogP contribution < -0.4 is 5.73 Å². The molecule has 0 saturated carbocycles. The van der Waals surface area contributed by atoms with E-state index < -0.39 is 17.7 Å². The number of nitrogens with two attached hydrogens (primary N) is 1. The van der Waals surface area contributed by atoms with E-state index in [0.29, 0.717) is 4.47 Å². The van der Waals surface area contributed by atoms with Gasteiger partial charge in [0.05, 0.1) is 4.47 Å². The minimum atomic E-state index is -4.51. The maximum Gasteiger partial charge on any atom is 0.435 e. The lowest BCUT2D eigenvalue weighted by atomic mass is 10.4. The predicted octanol–water partition coefficient (Wildman–Crippen LogP) is 2.70. The van der Waals surface area contributed by atoms with Crippen LogP contribution in [0.4, 0.5) is 19.0 Å². The normalized spacial score (nSPS) is 12.3. The van der Waals surface area contributed by atoms with Gasteiger partial charge in [-0.15, -0.1) is 0 Å². The highest BCUT2D eigenvalue weighted by molar-refractivity contribution is 9.10. The maximum absolute atomic E-state index is 12.6. The van der Waals surface area contributed by atoms with E-state index in [1.165, 1.54) is 12.3 Å². The summed E-state index contributed by atoms with van der Waals surface area (Å²) in [6.07, 6.45) is -3.24. The number of imidazole rings is 1.